The largest absolute Gasteiger partial charge is 0.453 e. The smallest absolute Gasteiger partial charge is 0.289 e. The molecule has 0 aliphatic heterocycles. The van der Waals surface area contributed by atoms with Gasteiger partial charge in [0.1, 0.15) is 12.4 Å². The van der Waals surface area contributed by atoms with Gasteiger partial charge < -0.3 is 14.1 Å². The van der Waals surface area contributed by atoms with E-state index in [-0.39, 0.29) is 11.7 Å². The van der Waals surface area contributed by atoms with Crippen molar-refractivity contribution in [1.29, 1.82) is 0 Å². The van der Waals surface area contributed by atoms with Crippen LogP contribution in [-0.4, -0.2) is 25.0 Å². The van der Waals surface area contributed by atoms with E-state index in [0.29, 0.717) is 29.0 Å². The maximum absolute atomic E-state index is 12.3. The first-order valence-electron chi connectivity index (χ1n) is 6.28. The number of hydrogen-bond acceptors (Lipinski definition) is 3. The van der Waals surface area contributed by atoms with Crippen LogP contribution in [0.15, 0.2) is 34.7 Å². The van der Waals surface area contributed by atoms with E-state index >= 15 is 0 Å². The zero-order valence-electron chi connectivity index (χ0n) is 11.7. The number of rotatable bonds is 5. The van der Waals surface area contributed by atoms with E-state index in [1.165, 1.54) is 0 Å². The lowest BCUT2D eigenvalue weighted by molar-refractivity contribution is 0.0745. The Morgan fingerprint density at radius 2 is 2.00 bits per heavy atom. The number of ether oxygens (including phenoxy) is 1. The Labute approximate surface area is 133 Å². The molecule has 0 saturated carbocycles. The van der Waals surface area contributed by atoms with Gasteiger partial charge in [-0.05, 0) is 29.8 Å². The van der Waals surface area contributed by atoms with Crippen LogP contribution in [0.4, 0.5) is 0 Å². The van der Waals surface area contributed by atoms with E-state index in [1.54, 1.807) is 43.3 Å². The highest BCUT2D eigenvalue weighted by molar-refractivity contribution is 6.42. The monoisotopic (exact) mass is 327 g/mol. The minimum Gasteiger partial charge on any atom is -0.453 e. The third kappa shape index (κ3) is 4.00. The molecule has 0 N–H and O–H groups in total. The Morgan fingerprint density at radius 1 is 1.24 bits per heavy atom. The van der Waals surface area contributed by atoms with Crippen LogP contribution in [0.25, 0.3) is 0 Å². The number of halogens is 2. The highest BCUT2D eigenvalue weighted by Gasteiger charge is 2.16. The lowest BCUT2D eigenvalue weighted by Gasteiger charge is -2.16. The van der Waals surface area contributed by atoms with Crippen LogP contribution in [0.1, 0.15) is 21.9 Å². The molecule has 0 aliphatic carbocycles. The zero-order chi connectivity index (χ0) is 15.4. The molecule has 0 saturated heterocycles. The van der Waals surface area contributed by atoms with Gasteiger partial charge in [-0.3, -0.25) is 4.79 Å². The van der Waals surface area contributed by atoms with Crippen molar-refractivity contribution in [1.82, 2.24) is 4.90 Å². The number of benzene rings is 1. The van der Waals surface area contributed by atoms with Crippen LogP contribution in [0.2, 0.25) is 10.0 Å². The number of methoxy groups -OCH3 is 1. The first-order valence-corrected chi connectivity index (χ1v) is 7.04. The summed E-state index contributed by atoms with van der Waals surface area (Å²) in [4.78, 5) is 13.8. The van der Waals surface area contributed by atoms with Crippen molar-refractivity contribution in [3.8, 4) is 0 Å². The Bertz CT molecular complexity index is 640. The van der Waals surface area contributed by atoms with Crippen LogP contribution in [0.5, 0.6) is 0 Å². The van der Waals surface area contributed by atoms with Gasteiger partial charge in [-0.15, -0.1) is 0 Å². The van der Waals surface area contributed by atoms with E-state index in [1.807, 2.05) is 6.07 Å². The number of carbonyl (C=O) groups is 1. The number of carbonyl (C=O) groups excluding carboxylic acids is 1. The molecule has 1 amide bonds. The molecular formula is C15H15Cl2NO3. The van der Waals surface area contributed by atoms with Crippen molar-refractivity contribution in [3.05, 3.63) is 57.5 Å². The zero-order valence-corrected chi connectivity index (χ0v) is 13.2. The van der Waals surface area contributed by atoms with Crippen LogP contribution in [0, 0.1) is 0 Å². The average Bonchev–Trinajstić information content (AvgIpc) is 2.91. The van der Waals surface area contributed by atoms with Gasteiger partial charge in [-0.2, -0.15) is 0 Å². The third-order valence-electron chi connectivity index (χ3n) is 2.91. The van der Waals surface area contributed by atoms with Crippen LogP contribution < -0.4 is 0 Å². The molecule has 1 aromatic carbocycles. The summed E-state index contributed by atoms with van der Waals surface area (Å²) in [5.74, 6) is 0.692. The topological polar surface area (TPSA) is 42.7 Å². The second-order valence-electron chi connectivity index (χ2n) is 4.61. The van der Waals surface area contributed by atoms with Gasteiger partial charge in [0.15, 0.2) is 5.76 Å². The maximum Gasteiger partial charge on any atom is 0.289 e. The van der Waals surface area contributed by atoms with Crippen molar-refractivity contribution >= 4 is 29.1 Å². The van der Waals surface area contributed by atoms with Gasteiger partial charge in [-0.1, -0.05) is 29.3 Å². The molecule has 2 rings (SSSR count). The molecule has 0 radical (unpaired) electrons. The lowest BCUT2D eigenvalue weighted by atomic mass is 10.2. The van der Waals surface area contributed by atoms with E-state index in [0.717, 1.165) is 5.56 Å². The molecule has 21 heavy (non-hydrogen) atoms. The predicted molar refractivity (Wildman–Crippen MR) is 81.7 cm³/mol. The SMILES string of the molecule is COCc1ccc(C(=O)N(C)Cc2ccc(Cl)c(Cl)c2)o1. The van der Waals surface area contributed by atoms with Gasteiger partial charge in [0, 0.05) is 20.7 Å². The van der Waals surface area contributed by atoms with Gasteiger partial charge in [0.05, 0.1) is 10.0 Å². The Kier molecular flexibility index (Phi) is 5.28. The predicted octanol–water partition coefficient (Wildman–Crippen LogP) is 4.01. The average molecular weight is 328 g/mol. The molecule has 0 aliphatic rings. The minimum atomic E-state index is -0.205. The summed E-state index contributed by atoms with van der Waals surface area (Å²) < 4.78 is 10.4. The quantitative estimate of drug-likeness (QED) is 0.833. The molecule has 112 valence electrons. The maximum atomic E-state index is 12.3. The van der Waals surface area contributed by atoms with Crippen molar-refractivity contribution < 1.29 is 13.9 Å². The number of hydrogen-bond donors (Lipinski definition) is 0. The summed E-state index contributed by atoms with van der Waals surface area (Å²) in [6, 6.07) is 8.65. The summed E-state index contributed by atoms with van der Waals surface area (Å²) in [6.07, 6.45) is 0. The molecule has 0 fully saturated rings. The second-order valence-corrected chi connectivity index (χ2v) is 5.42. The molecule has 4 nitrogen and oxygen atoms in total. The van der Waals surface area contributed by atoms with E-state index in [2.05, 4.69) is 0 Å². The summed E-state index contributed by atoms with van der Waals surface area (Å²) in [5.41, 5.74) is 0.893. The van der Waals surface area contributed by atoms with E-state index in [9.17, 15) is 4.79 Å². The van der Waals surface area contributed by atoms with Gasteiger partial charge in [-0.25, -0.2) is 0 Å². The van der Waals surface area contributed by atoms with E-state index in [4.69, 9.17) is 32.4 Å². The van der Waals surface area contributed by atoms with Crippen molar-refractivity contribution in [2.45, 2.75) is 13.2 Å². The first kappa shape index (κ1) is 15.9. The van der Waals surface area contributed by atoms with E-state index < -0.39 is 0 Å². The summed E-state index contributed by atoms with van der Waals surface area (Å²) in [7, 11) is 3.27. The third-order valence-corrected chi connectivity index (χ3v) is 3.65. The Morgan fingerprint density at radius 3 is 2.67 bits per heavy atom. The normalized spacial score (nSPS) is 10.7. The molecule has 6 heteroatoms. The van der Waals surface area contributed by atoms with Gasteiger partial charge in [0.2, 0.25) is 0 Å². The molecular weight excluding hydrogens is 313 g/mol. The Hall–Kier alpha value is -1.49. The second kappa shape index (κ2) is 6.98. The van der Waals surface area contributed by atoms with Crippen molar-refractivity contribution in [3.63, 3.8) is 0 Å². The molecule has 0 spiro atoms. The Balaban J connectivity index is 2.05. The minimum absolute atomic E-state index is 0.205. The highest BCUT2D eigenvalue weighted by Crippen LogP contribution is 2.23. The number of furan rings is 1. The van der Waals surface area contributed by atoms with Crippen LogP contribution >= 0.6 is 23.2 Å². The van der Waals surface area contributed by atoms with Crippen LogP contribution in [-0.2, 0) is 17.9 Å². The molecule has 0 unspecified atom stereocenters. The molecule has 0 bridgehead atoms. The molecule has 1 aromatic heterocycles. The van der Waals surface area contributed by atoms with Crippen molar-refractivity contribution in [2.24, 2.45) is 0 Å². The lowest BCUT2D eigenvalue weighted by Crippen LogP contribution is -2.25. The molecule has 0 atom stereocenters. The van der Waals surface area contributed by atoms with Gasteiger partial charge in [0.25, 0.3) is 5.91 Å². The fourth-order valence-corrected chi connectivity index (χ4v) is 2.21. The summed E-state index contributed by atoms with van der Waals surface area (Å²) >= 11 is 11.8. The summed E-state index contributed by atoms with van der Waals surface area (Å²) in [5, 5.41) is 0.958. The highest BCUT2D eigenvalue weighted by atomic mass is 35.5. The van der Waals surface area contributed by atoms with Crippen molar-refractivity contribution in [2.75, 3.05) is 14.2 Å². The fraction of sp³-hybridized carbons (Fsp3) is 0.267. The standard InChI is InChI=1S/C15H15Cl2NO3/c1-18(8-10-3-5-12(16)13(17)7-10)15(19)14-6-4-11(21-14)9-20-2/h3-7H,8-9H2,1-2H3. The van der Waals surface area contributed by atoms with Gasteiger partial charge >= 0.3 is 0 Å². The molecule has 2 aromatic rings. The molecule has 1 heterocycles. The first-order chi connectivity index (χ1) is 10.0. The number of amides is 1. The summed E-state index contributed by atoms with van der Waals surface area (Å²) in [6.45, 7) is 0.750. The fourth-order valence-electron chi connectivity index (χ4n) is 1.88. The number of nitrogens with zero attached hydrogens (tertiary/aromatic N) is 1. The van der Waals surface area contributed by atoms with Crippen LogP contribution in [0.3, 0.4) is 0 Å².